The average Bonchev–Trinajstić information content (AvgIpc) is 2.66. The minimum absolute atomic E-state index is 0.0237. The van der Waals surface area contributed by atoms with Gasteiger partial charge < -0.3 is 9.88 Å². The van der Waals surface area contributed by atoms with Crippen LogP contribution in [0.1, 0.15) is 29.5 Å². The van der Waals surface area contributed by atoms with E-state index in [2.05, 4.69) is 9.97 Å². The number of nitro benzene ring substituents is 1. The SMILES string of the molecule is CCCN(Cc1nc2cc(Cl)ccc2c(=O)[nH]1)C(=O)c1ccc(Cl)cc1[N+](=O)[O-]. The summed E-state index contributed by atoms with van der Waals surface area (Å²) in [5, 5.41) is 12.3. The lowest BCUT2D eigenvalue weighted by Crippen LogP contribution is -2.33. The molecule has 0 radical (unpaired) electrons. The molecule has 1 amide bonds. The topological polar surface area (TPSA) is 109 Å². The zero-order chi connectivity index (χ0) is 21.1. The number of hydrogen-bond donors (Lipinski definition) is 1. The zero-order valence-electron chi connectivity index (χ0n) is 15.3. The molecule has 3 aromatic rings. The van der Waals surface area contributed by atoms with Crippen LogP contribution in [-0.4, -0.2) is 32.2 Å². The van der Waals surface area contributed by atoms with Crippen LogP contribution in [0.2, 0.25) is 10.0 Å². The molecule has 0 spiro atoms. The summed E-state index contributed by atoms with van der Waals surface area (Å²) in [6, 6.07) is 8.60. The van der Waals surface area contributed by atoms with E-state index < -0.39 is 10.8 Å². The molecule has 0 unspecified atom stereocenters. The summed E-state index contributed by atoms with van der Waals surface area (Å²) in [6.45, 7) is 2.16. The standard InChI is InChI=1S/C19H16Cl2N4O4/c1-2-7-24(19(27)14-6-4-12(21)9-16(14)25(28)29)10-17-22-15-8-11(20)3-5-13(15)18(26)23-17/h3-6,8-9H,2,7,10H2,1H3,(H,22,23,26). The predicted octanol–water partition coefficient (Wildman–Crippen LogP) is 4.19. The molecule has 1 heterocycles. The molecule has 150 valence electrons. The highest BCUT2D eigenvalue weighted by atomic mass is 35.5. The van der Waals surface area contributed by atoms with Gasteiger partial charge in [0.05, 0.1) is 22.4 Å². The lowest BCUT2D eigenvalue weighted by molar-refractivity contribution is -0.385. The fourth-order valence-electron chi connectivity index (χ4n) is 2.95. The van der Waals surface area contributed by atoms with Crippen LogP contribution in [-0.2, 0) is 6.54 Å². The van der Waals surface area contributed by atoms with E-state index in [1.807, 2.05) is 6.92 Å². The number of nitrogens with one attached hydrogen (secondary N) is 1. The van der Waals surface area contributed by atoms with Crippen LogP contribution in [0.4, 0.5) is 5.69 Å². The zero-order valence-corrected chi connectivity index (χ0v) is 16.8. The van der Waals surface area contributed by atoms with Gasteiger partial charge in [-0.1, -0.05) is 30.1 Å². The second kappa shape index (κ2) is 8.59. The molecule has 29 heavy (non-hydrogen) atoms. The van der Waals surface area contributed by atoms with Crippen molar-refractivity contribution in [1.29, 1.82) is 0 Å². The quantitative estimate of drug-likeness (QED) is 0.461. The first-order valence-corrected chi connectivity index (χ1v) is 9.47. The Labute approximate surface area is 175 Å². The predicted molar refractivity (Wildman–Crippen MR) is 111 cm³/mol. The largest absolute Gasteiger partial charge is 0.331 e. The van der Waals surface area contributed by atoms with Gasteiger partial charge in [-0.25, -0.2) is 4.98 Å². The molecule has 3 rings (SSSR count). The van der Waals surface area contributed by atoms with Crippen molar-refractivity contribution < 1.29 is 9.72 Å². The number of rotatable bonds is 6. The molecule has 0 bridgehead atoms. The maximum Gasteiger partial charge on any atom is 0.283 e. The van der Waals surface area contributed by atoms with Crippen LogP contribution in [0.25, 0.3) is 10.9 Å². The molecule has 0 fully saturated rings. The smallest absolute Gasteiger partial charge is 0.283 e. The summed E-state index contributed by atoms with van der Waals surface area (Å²) in [4.78, 5) is 44.5. The number of carbonyl (C=O) groups is 1. The lowest BCUT2D eigenvalue weighted by Gasteiger charge is -2.21. The highest BCUT2D eigenvalue weighted by Crippen LogP contribution is 2.25. The number of carbonyl (C=O) groups excluding carboxylic acids is 1. The minimum Gasteiger partial charge on any atom is -0.331 e. The second-order valence-electron chi connectivity index (χ2n) is 6.32. The van der Waals surface area contributed by atoms with Crippen molar-refractivity contribution in [2.45, 2.75) is 19.9 Å². The summed E-state index contributed by atoms with van der Waals surface area (Å²) in [6.07, 6.45) is 0.608. The number of fused-ring (bicyclic) bond motifs is 1. The van der Waals surface area contributed by atoms with E-state index in [1.165, 1.54) is 17.0 Å². The van der Waals surface area contributed by atoms with Crippen molar-refractivity contribution in [2.75, 3.05) is 6.54 Å². The summed E-state index contributed by atoms with van der Waals surface area (Å²) in [5.74, 6) is -0.299. The third kappa shape index (κ3) is 4.55. The van der Waals surface area contributed by atoms with Crippen molar-refractivity contribution in [3.63, 3.8) is 0 Å². The van der Waals surface area contributed by atoms with Crippen LogP contribution >= 0.6 is 23.2 Å². The average molecular weight is 435 g/mol. The van der Waals surface area contributed by atoms with Crippen LogP contribution in [0.5, 0.6) is 0 Å². The highest BCUT2D eigenvalue weighted by Gasteiger charge is 2.25. The molecule has 1 aromatic heterocycles. The molecule has 8 nitrogen and oxygen atoms in total. The molecule has 0 aliphatic heterocycles. The number of amides is 1. The van der Waals surface area contributed by atoms with E-state index in [1.54, 1.807) is 18.2 Å². The second-order valence-corrected chi connectivity index (χ2v) is 7.19. The molecule has 0 saturated heterocycles. The molecule has 0 aliphatic carbocycles. The van der Waals surface area contributed by atoms with Crippen LogP contribution < -0.4 is 5.56 Å². The Hall–Kier alpha value is -2.97. The molecular formula is C19H16Cl2N4O4. The van der Waals surface area contributed by atoms with Gasteiger partial charge in [-0.2, -0.15) is 0 Å². The number of H-pyrrole nitrogens is 1. The van der Waals surface area contributed by atoms with Crippen molar-refractivity contribution in [3.05, 3.63) is 78.3 Å². The number of aromatic nitrogens is 2. The fourth-order valence-corrected chi connectivity index (χ4v) is 3.28. The van der Waals surface area contributed by atoms with E-state index in [0.29, 0.717) is 28.9 Å². The number of nitro groups is 1. The van der Waals surface area contributed by atoms with Gasteiger partial charge in [0, 0.05) is 22.7 Å². The summed E-state index contributed by atoms with van der Waals surface area (Å²) < 4.78 is 0. The van der Waals surface area contributed by atoms with E-state index in [4.69, 9.17) is 23.2 Å². The molecule has 0 aliphatic rings. The van der Waals surface area contributed by atoms with Gasteiger partial charge in [-0.3, -0.25) is 19.7 Å². The van der Waals surface area contributed by atoms with Gasteiger partial charge in [0.1, 0.15) is 11.4 Å². The Kier molecular flexibility index (Phi) is 6.14. The Morgan fingerprint density at radius 2 is 1.90 bits per heavy atom. The fraction of sp³-hybridized carbons (Fsp3) is 0.211. The number of aromatic amines is 1. The van der Waals surface area contributed by atoms with Crippen molar-refractivity contribution in [2.24, 2.45) is 0 Å². The van der Waals surface area contributed by atoms with E-state index in [0.717, 1.165) is 6.07 Å². The van der Waals surface area contributed by atoms with Gasteiger partial charge in [0.25, 0.3) is 17.2 Å². The van der Waals surface area contributed by atoms with Crippen LogP contribution in [0, 0.1) is 10.1 Å². The van der Waals surface area contributed by atoms with Gasteiger partial charge in [0.15, 0.2) is 0 Å². The first kappa shape index (κ1) is 20.8. The third-order valence-corrected chi connectivity index (χ3v) is 4.70. The summed E-state index contributed by atoms with van der Waals surface area (Å²) in [7, 11) is 0. The van der Waals surface area contributed by atoms with Crippen molar-refractivity contribution >= 4 is 45.7 Å². The maximum absolute atomic E-state index is 13.0. The van der Waals surface area contributed by atoms with Gasteiger partial charge >= 0.3 is 0 Å². The Morgan fingerprint density at radius 1 is 1.21 bits per heavy atom. The maximum atomic E-state index is 13.0. The Morgan fingerprint density at radius 3 is 2.59 bits per heavy atom. The molecule has 2 aromatic carbocycles. The highest BCUT2D eigenvalue weighted by molar-refractivity contribution is 6.31. The third-order valence-electron chi connectivity index (χ3n) is 4.23. The van der Waals surface area contributed by atoms with Gasteiger partial charge in [-0.15, -0.1) is 0 Å². The lowest BCUT2D eigenvalue weighted by atomic mass is 10.1. The van der Waals surface area contributed by atoms with E-state index in [9.17, 15) is 19.7 Å². The normalized spacial score (nSPS) is 10.9. The van der Waals surface area contributed by atoms with Gasteiger partial charge in [0.2, 0.25) is 0 Å². The summed E-state index contributed by atoms with van der Waals surface area (Å²) in [5.41, 5.74) is -0.421. The number of nitrogens with zero attached hydrogens (tertiary/aromatic N) is 3. The molecular weight excluding hydrogens is 419 g/mol. The monoisotopic (exact) mass is 434 g/mol. The Bertz CT molecular complexity index is 1160. The number of hydrogen-bond acceptors (Lipinski definition) is 5. The van der Waals surface area contributed by atoms with Gasteiger partial charge in [-0.05, 0) is 36.8 Å². The molecule has 0 saturated carbocycles. The summed E-state index contributed by atoms with van der Waals surface area (Å²) >= 11 is 11.8. The minimum atomic E-state index is -0.651. The number of benzene rings is 2. The Balaban J connectivity index is 1.99. The van der Waals surface area contributed by atoms with Crippen molar-refractivity contribution in [1.82, 2.24) is 14.9 Å². The van der Waals surface area contributed by atoms with Crippen LogP contribution in [0.15, 0.2) is 41.2 Å². The number of halogens is 2. The first-order valence-electron chi connectivity index (χ1n) is 8.71. The first-order chi connectivity index (χ1) is 13.8. The van der Waals surface area contributed by atoms with Crippen molar-refractivity contribution in [3.8, 4) is 0 Å². The van der Waals surface area contributed by atoms with E-state index in [-0.39, 0.29) is 34.2 Å². The van der Waals surface area contributed by atoms with Crippen LogP contribution in [0.3, 0.4) is 0 Å². The molecule has 1 N–H and O–H groups in total. The van der Waals surface area contributed by atoms with E-state index >= 15 is 0 Å². The molecule has 10 heteroatoms. The molecule has 0 atom stereocenters.